The highest BCUT2D eigenvalue weighted by molar-refractivity contribution is 7.26. The predicted octanol–water partition coefficient (Wildman–Crippen LogP) is 4.47. The number of aromatic nitrogens is 3. The summed E-state index contributed by atoms with van der Waals surface area (Å²) in [5, 5.41) is 4.57. The van der Waals surface area contributed by atoms with Crippen molar-refractivity contribution in [3.8, 4) is 0 Å². The topological polar surface area (TPSA) is 50.7 Å². The van der Waals surface area contributed by atoms with Crippen molar-refractivity contribution in [1.29, 1.82) is 0 Å². The highest BCUT2D eigenvalue weighted by atomic mass is 32.1. The fourth-order valence-corrected chi connectivity index (χ4v) is 4.03. The molecular weight excluding hydrogens is 304 g/mol. The van der Waals surface area contributed by atoms with Crippen LogP contribution in [0.5, 0.6) is 0 Å². The molecule has 0 bridgehead atoms. The molecule has 0 aliphatic heterocycles. The van der Waals surface area contributed by atoms with Crippen LogP contribution in [0.3, 0.4) is 0 Å². The van der Waals surface area contributed by atoms with Gasteiger partial charge in [-0.2, -0.15) is 0 Å². The summed E-state index contributed by atoms with van der Waals surface area (Å²) in [6, 6.07) is 12.4. The number of hydrogen-bond acceptors (Lipinski definition) is 5. The van der Waals surface area contributed by atoms with E-state index in [0.717, 1.165) is 38.5 Å². The molecule has 0 spiro atoms. The van der Waals surface area contributed by atoms with E-state index >= 15 is 0 Å². The predicted molar refractivity (Wildman–Crippen MR) is 96.0 cm³/mol. The van der Waals surface area contributed by atoms with Gasteiger partial charge in [0, 0.05) is 17.6 Å². The number of rotatable bonds is 3. The number of hydrogen-bond donors (Lipinski definition) is 1. The van der Waals surface area contributed by atoms with Gasteiger partial charge in [-0.05, 0) is 31.0 Å². The van der Waals surface area contributed by atoms with Crippen molar-refractivity contribution < 1.29 is 0 Å². The average molecular weight is 320 g/mol. The van der Waals surface area contributed by atoms with E-state index in [0.29, 0.717) is 0 Å². The number of benzene rings is 1. The maximum atomic E-state index is 4.66. The van der Waals surface area contributed by atoms with Crippen LogP contribution in [0.1, 0.15) is 16.8 Å². The highest BCUT2D eigenvalue weighted by Crippen LogP contribution is 2.36. The first kappa shape index (κ1) is 14.1. The largest absolute Gasteiger partial charge is 0.365 e. The maximum Gasteiger partial charge on any atom is 0.147 e. The van der Waals surface area contributed by atoms with E-state index in [1.165, 1.54) is 11.1 Å². The van der Waals surface area contributed by atoms with Gasteiger partial charge in [-0.15, -0.1) is 11.3 Å². The van der Waals surface area contributed by atoms with Gasteiger partial charge in [0.05, 0.1) is 10.2 Å². The number of anilines is 1. The quantitative estimate of drug-likeness (QED) is 0.605. The third-order valence-corrected chi connectivity index (χ3v) is 4.93. The minimum Gasteiger partial charge on any atom is -0.365 e. The van der Waals surface area contributed by atoms with Crippen LogP contribution in [0.2, 0.25) is 0 Å². The Balaban J connectivity index is 1.80. The van der Waals surface area contributed by atoms with Crippen LogP contribution in [0.15, 0.2) is 42.7 Å². The normalized spacial score (nSPS) is 11.2. The molecule has 4 aromatic rings. The third-order valence-electron chi connectivity index (χ3n) is 3.85. The summed E-state index contributed by atoms with van der Waals surface area (Å²) in [5.41, 5.74) is 4.46. The molecule has 0 aliphatic rings. The van der Waals surface area contributed by atoms with Crippen LogP contribution in [-0.2, 0) is 6.54 Å². The number of aryl methyl sites for hydroxylation is 2. The zero-order valence-electron chi connectivity index (χ0n) is 13.0. The van der Waals surface area contributed by atoms with E-state index < -0.39 is 0 Å². The van der Waals surface area contributed by atoms with Crippen molar-refractivity contribution in [3.63, 3.8) is 0 Å². The van der Waals surface area contributed by atoms with Gasteiger partial charge in [0.1, 0.15) is 17.0 Å². The summed E-state index contributed by atoms with van der Waals surface area (Å²) in [5.74, 6) is 0.874. The molecule has 23 heavy (non-hydrogen) atoms. The Morgan fingerprint density at radius 2 is 1.91 bits per heavy atom. The van der Waals surface area contributed by atoms with Gasteiger partial charge < -0.3 is 5.32 Å². The van der Waals surface area contributed by atoms with Crippen LogP contribution in [-0.4, -0.2) is 15.0 Å². The van der Waals surface area contributed by atoms with Crippen molar-refractivity contribution in [3.05, 3.63) is 59.5 Å². The average Bonchev–Trinajstić information content (AvgIpc) is 2.92. The lowest BCUT2D eigenvalue weighted by atomic mass is 10.1. The van der Waals surface area contributed by atoms with Crippen LogP contribution in [0.4, 0.5) is 5.82 Å². The molecule has 3 heterocycles. The fraction of sp³-hybridized carbons (Fsp3) is 0.167. The van der Waals surface area contributed by atoms with Crippen molar-refractivity contribution in [1.82, 2.24) is 15.0 Å². The summed E-state index contributed by atoms with van der Waals surface area (Å²) in [6.45, 7) is 4.88. The van der Waals surface area contributed by atoms with Gasteiger partial charge in [0.2, 0.25) is 0 Å². The van der Waals surface area contributed by atoms with Crippen molar-refractivity contribution in [2.45, 2.75) is 20.4 Å². The lowest BCUT2D eigenvalue weighted by molar-refractivity contribution is 1.11. The molecule has 114 valence electrons. The van der Waals surface area contributed by atoms with Gasteiger partial charge in [-0.3, -0.25) is 0 Å². The third kappa shape index (κ3) is 2.53. The molecule has 0 aliphatic carbocycles. The minimum atomic E-state index is 0.743. The molecule has 0 amide bonds. The van der Waals surface area contributed by atoms with Crippen LogP contribution >= 0.6 is 11.3 Å². The second kappa shape index (κ2) is 5.59. The molecule has 3 aromatic heterocycles. The highest BCUT2D eigenvalue weighted by Gasteiger charge is 2.14. The second-order valence-corrected chi connectivity index (χ2v) is 6.60. The molecule has 0 unspecified atom stereocenters. The van der Waals surface area contributed by atoms with Crippen LogP contribution < -0.4 is 5.32 Å². The van der Waals surface area contributed by atoms with Crippen molar-refractivity contribution in [2.75, 3.05) is 5.32 Å². The summed E-state index contributed by atoms with van der Waals surface area (Å²) in [7, 11) is 0. The lowest BCUT2D eigenvalue weighted by Gasteiger charge is -2.06. The minimum absolute atomic E-state index is 0.743. The van der Waals surface area contributed by atoms with Crippen LogP contribution in [0.25, 0.3) is 20.4 Å². The second-order valence-electron chi connectivity index (χ2n) is 5.60. The van der Waals surface area contributed by atoms with Crippen LogP contribution in [0, 0.1) is 13.8 Å². The van der Waals surface area contributed by atoms with E-state index in [1.807, 2.05) is 25.1 Å². The monoisotopic (exact) mass is 320 g/mol. The van der Waals surface area contributed by atoms with E-state index in [9.17, 15) is 0 Å². The SMILES string of the molecule is Cc1cc(C)c2c(n1)sc1c(NCc3ccccc3)ncnc12. The molecule has 5 heteroatoms. The van der Waals surface area contributed by atoms with Gasteiger partial charge >= 0.3 is 0 Å². The van der Waals surface area contributed by atoms with Gasteiger partial charge in [-0.1, -0.05) is 30.3 Å². The van der Waals surface area contributed by atoms with E-state index in [2.05, 4.69) is 45.4 Å². The zero-order valence-corrected chi connectivity index (χ0v) is 13.8. The van der Waals surface area contributed by atoms with E-state index in [1.54, 1.807) is 17.7 Å². The first-order chi connectivity index (χ1) is 11.2. The molecule has 0 saturated heterocycles. The van der Waals surface area contributed by atoms with Crippen molar-refractivity contribution in [2.24, 2.45) is 0 Å². The Morgan fingerprint density at radius 3 is 2.74 bits per heavy atom. The summed E-state index contributed by atoms with van der Waals surface area (Å²) < 4.78 is 1.07. The Morgan fingerprint density at radius 1 is 1.09 bits per heavy atom. The Bertz CT molecular complexity index is 992. The molecule has 0 saturated carbocycles. The number of fused-ring (bicyclic) bond motifs is 3. The Labute approximate surface area is 138 Å². The molecule has 1 N–H and O–H groups in total. The lowest BCUT2D eigenvalue weighted by Crippen LogP contribution is -2.01. The molecule has 4 nitrogen and oxygen atoms in total. The van der Waals surface area contributed by atoms with E-state index in [4.69, 9.17) is 0 Å². The summed E-state index contributed by atoms with van der Waals surface area (Å²) in [6.07, 6.45) is 1.63. The summed E-state index contributed by atoms with van der Waals surface area (Å²) >= 11 is 1.65. The zero-order chi connectivity index (χ0) is 15.8. The number of nitrogens with one attached hydrogen (secondary N) is 1. The molecule has 0 fully saturated rings. The summed E-state index contributed by atoms with van der Waals surface area (Å²) in [4.78, 5) is 14.6. The van der Waals surface area contributed by atoms with Gasteiger partial charge in [0.25, 0.3) is 0 Å². The van der Waals surface area contributed by atoms with Crippen molar-refractivity contribution >= 4 is 37.6 Å². The molecule has 4 rings (SSSR count). The van der Waals surface area contributed by atoms with Gasteiger partial charge in [-0.25, -0.2) is 15.0 Å². The standard InChI is InChI=1S/C18H16N4S/c1-11-8-12(2)22-18-14(11)15-16(23-18)17(21-10-20-15)19-9-13-6-4-3-5-7-13/h3-8,10H,9H2,1-2H3,(H,19,20,21). The molecule has 0 atom stereocenters. The Kier molecular flexibility index (Phi) is 3.42. The first-order valence-electron chi connectivity index (χ1n) is 7.51. The molecule has 1 aromatic carbocycles. The fourth-order valence-electron chi connectivity index (χ4n) is 2.82. The van der Waals surface area contributed by atoms with Gasteiger partial charge in [0.15, 0.2) is 0 Å². The maximum absolute atomic E-state index is 4.66. The van der Waals surface area contributed by atoms with E-state index in [-0.39, 0.29) is 0 Å². The molecule has 0 radical (unpaired) electrons. The molecular formula is C18H16N4S. The Hall–Kier alpha value is -2.53. The first-order valence-corrected chi connectivity index (χ1v) is 8.33. The number of nitrogens with zero attached hydrogens (tertiary/aromatic N) is 3. The number of thiophene rings is 1. The number of pyridine rings is 1. The smallest absolute Gasteiger partial charge is 0.147 e.